The first-order valence-corrected chi connectivity index (χ1v) is 7.38. The van der Waals surface area contributed by atoms with E-state index in [4.69, 9.17) is 5.11 Å². The van der Waals surface area contributed by atoms with Crippen molar-refractivity contribution in [2.45, 2.75) is 24.9 Å². The van der Waals surface area contributed by atoms with E-state index in [1.807, 2.05) is 24.3 Å². The van der Waals surface area contributed by atoms with Gasteiger partial charge in [0.05, 0.1) is 11.5 Å². The number of aliphatic hydroxyl groups is 1. The topological polar surface area (TPSA) is 20.2 Å². The fourth-order valence-corrected chi connectivity index (χ4v) is 3.05. The Morgan fingerprint density at radius 2 is 1.70 bits per heavy atom. The van der Waals surface area contributed by atoms with E-state index in [1.165, 1.54) is 6.07 Å². The number of rotatable bonds is 0. The number of hydrogen-bond acceptors (Lipinski definition) is 1. The molecule has 0 aliphatic heterocycles. The summed E-state index contributed by atoms with van der Waals surface area (Å²) in [4.78, 5) is 0. The average Bonchev–Trinajstić information content (AvgIpc) is 2.68. The molecule has 3 rings (SSSR count). The van der Waals surface area contributed by atoms with Crippen molar-refractivity contribution in [2.75, 3.05) is 6.61 Å². The summed E-state index contributed by atoms with van der Waals surface area (Å²) in [6, 6.07) is 11.6. The lowest BCUT2D eigenvalue weighted by atomic mass is 9.87. The molecule has 1 atom stereocenters. The third-order valence-electron chi connectivity index (χ3n) is 4.14. The fourth-order valence-electron chi connectivity index (χ4n) is 3.05. The van der Waals surface area contributed by atoms with Crippen LogP contribution < -0.4 is 0 Å². The van der Waals surface area contributed by atoms with Crippen molar-refractivity contribution in [3.63, 3.8) is 0 Å². The van der Waals surface area contributed by atoms with E-state index in [-0.39, 0.29) is 6.61 Å². The van der Waals surface area contributed by atoms with Gasteiger partial charge in [-0.25, -0.2) is 0 Å². The molecule has 2 aromatic carbocycles. The molecular formula is C19H15F3O. The normalized spacial score (nSPS) is 16.6. The minimum Gasteiger partial charge on any atom is -0.384 e. The molecule has 0 fully saturated rings. The lowest BCUT2D eigenvalue weighted by molar-refractivity contribution is -0.137. The van der Waals surface area contributed by atoms with Crippen LogP contribution >= 0.6 is 0 Å². The van der Waals surface area contributed by atoms with Crippen molar-refractivity contribution in [1.29, 1.82) is 0 Å². The Hall–Kier alpha value is -2.25. The second kappa shape index (κ2) is 6.10. The van der Waals surface area contributed by atoms with Gasteiger partial charge in [-0.05, 0) is 47.2 Å². The van der Waals surface area contributed by atoms with E-state index in [9.17, 15) is 13.2 Å². The Kier molecular flexibility index (Phi) is 4.14. The maximum absolute atomic E-state index is 13.1. The van der Waals surface area contributed by atoms with Gasteiger partial charge in [0.1, 0.15) is 6.61 Å². The van der Waals surface area contributed by atoms with E-state index >= 15 is 0 Å². The van der Waals surface area contributed by atoms with Crippen molar-refractivity contribution >= 4 is 0 Å². The van der Waals surface area contributed by atoms with E-state index in [0.29, 0.717) is 12.0 Å². The van der Waals surface area contributed by atoms with Crippen molar-refractivity contribution in [3.8, 4) is 11.8 Å². The lowest BCUT2D eigenvalue weighted by Crippen LogP contribution is -2.09. The number of aliphatic hydroxyl groups excluding tert-OH is 1. The third kappa shape index (κ3) is 3.11. The van der Waals surface area contributed by atoms with E-state index in [1.54, 1.807) is 6.07 Å². The molecule has 0 heterocycles. The monoisotopic (exact) mass is 316 g/mol. The molecule has 1 nitrogen and oxygen atoms in total. The first-order valence-electron chi connectivity index (χ1n) is 7.38. The van der Waals surface area contributed by atoms with Gasteiger partial charge >= 0.3 is 6.18 Å². The molecule has 118 valence electrons. The number of aryl methyl sites for hydroxylation is 2. The Morgan fingerprint density at radius 3 is 2.39 bits per heavy atom. The quantitative estimate of drug-likeness (QED) is 0.730. The maximum Gasteiger partial charge on any atom is 0.416 e. The molecule has 1 aliphatic rings. The molecule has 4 heteroatoms. The van der Waals surface area contributed by atoms with Crippen LogP contribution in [0.3, 0.4) is 0 Å². The van der Waals surface area contributed by atoms with Crippen molar-refractivity contribution < 1.29 is 18.3 Å². The Bertz CT molecular complexity index is 781. The molecule has 1 unspecified atom stereocenters. The summed E-state index contributed by atoms with van der Waals surface area (Å²) in [5, 5.41) is 8.99. The zero-order chi connectivity index (χ0) is 16.4. The standard InChI is InChI=1S/C19H15F3O/c20-19(21,22)15-10-9-14-8-7-13-4-1-2-5-16(13)17(6-3-11-23)18(14)12-15/h1-2,4-5,9-10,12,17,23H,7-8,11H2. The second-order valence-corrected chi connectivity index (χ2v) is 5.52. The Morgan fingerprint density at radius 1 is 1.00 bits per heavy atom. The van der Waals surface area contributed by atoms with Crippen LogP contribution in [0.25, 0.3) is 0 Å². The molecule has 0 saturated carbocycles. The van der Waals surface area contributed by atoms with Gasteiger partial charge < -0.3 is 5.11 Å². The summed E-state index contributed by atoms with van der Waals surface area (Å²) >= 11 is 0. The molecule has 0 spiro atoms. The van der Waals surface area contributed by atoms with Gasteiger partial charge in [0.15, 0.2) is 0 Å². The van der Waals surface area contributed by atoms with Crippen LogP contribution in [0.15, 0.2) is 42.5 Å². The molecule has 0 aromatic heterocycles. The van der Waals surface area contributed by atoms with E-state index in [2.05, 4.69) is 11.8 Å². The maximum atomic E-state index is 13.1. The largest absolute Gasteiger partial charge is 0.416 e. The predicted octanol–water partition coefficient (Wildman–Crippen LogP) is 3.93. The lowest BCUT2D eigenvalue weighted by Gasteiger charge is -2.17. The summed E-state index contributed by atoms with van der Waals surface area (Å²) in [6.45, 7) is -0.313. The summed E-state index contributed by atoms with van der Waals surface area (Å²) in [5.74, 6) is 5.10. The van der Waals surface area contributed by atoms with Gasteiger partial charge in [0, 0.05) is 0 Å². The minimum absolute atomic E-state index is 0.313. The molecule has 0 saturated heterocycles. The van der Waals surface area contributed by atoms with Gasteiger partial charge in [-0.3, -0.25) is 0 Å². The predicted molar refractivity (Wildman–Crippen MR) is 82.0 cm³/mol. The summed E-state index contributed by atoms with van der Waals surface area (Å²) < 4.78 is 39.2. The molecule has 1 aliphatic carbocycles. The number of hydrogen-bond donors (Lipinski definition) is 1. The van der Waals surface area contributed by atoms with Gasteiger partial charge in [0.2, 0.25) is 0 Å². The van der Waals surface area contributed by atoms with Gasteiger partial charge in [0.25, 0.3) is 0 Å². The molecule has 1 N–H and O–H groups in total. The first kappa shape index (κ1) is 15.6. The van der Waals surface area contributed by atoms with Crippen LogP contribution in [0.4, 0.5) is 13.2 Å². The molecule has 23 heavy (non-hydrogen) atoms. The summed E-state index contributed by atoms with van der Waals surface area (Å²) in [5.41, 5.74) is 2.82. The van der Waals surface area contributed by atoms with Crippen molar-refractivity contribution in [1.82, 2.24) is 0 Å². The van der Waals surface area contributed by atoms with Crippen LogP contribution in [0.1, 0.15) is 33.7 Å². The number of benzene rings is 2. The highest BCUT2D eigenvalue weighted by Crippen LogP contribution is 2.37. The molecule has 0 radical (unpaired) electrons. The molecule has 2 aromatic rings. The average molecular weight is 316 g/mol. The van der Waals surface area contributed by atoms with Crippen LogP contribution in [0, 0.1) is 11.8 Å². The molecule has 0 bridgehead atoms. The van der Waals surface area contributed by atoms with Gasteiger partial charge in [-0.15, -0.1) is 0 Å². The highest BCUT2D eigenvalue weighted by molar-refractivity contribution is 5.51. The Labute approximate surface area is 132 Å². The third-order valence-corrected chi connectivity index (χ3v) is 4.14. The SMILES string of the molecule is OCC#CC1c2ccccc2CCc2ccc(C(F)(F)F)cc21. The van der Waals surface area contributed by atoms with Crippen LogP contribution in [-0.4, -0.2) is 11.7 Å². The minimum atomic E-state index is -4.38. The highest BCUT2D eigenvalue weighted by Gasteiger charge is 2.32. The first-order chi connectivity index (χ1) is 11.0. The summed E-state index contributed by atoms with van der Waals surface area (Å²) in [7, 11) is 0. The molecule has 0 amide bonds. The number of alkyl halides is 3. The molecular weight excluding hydrogens is 301 g/mol. The number of fused-ring (bicyclic) bond motifs is 2. The van der Waals surface area contributed by atoms with Gasteiger partial charge in [-0.1, -0.05) is 42.2 Å². The summed E-state index contributed by atoms with van der Waals surface area (Å²) in [6.07, 6.45) is -2.93. The van der Waals surface area contributed by atoms with E-state index < -0.39 is 17.7 Å². The van der Waals surface area contributed by atoms with Crippen LogP contribution in [0.2, 0.25) is 0 Å². The van der Waals surface area contributed by atoms with E-state index in [0.717, 1.165) is 29.2 Å². The second-order valence-electron chi connectivity index (χ2n) is 5.52. The number of halogens is 3. The van der Waals surface area contributed by atoms with Crippen LogP contribution in [0.5, 0.6) is 0 Å². The smallest absolute Gasteiger partial charge is 0.384 e. The van der Waals surface area contributed by atoms with Crippen molar-refractivity contribution in [2.24, 2.45) is 0 Å². The highest BCUT2D eigenvalue weighted by atomic mass is 19.4. The van der Waals surface area contributed by atoms with Crippen molar-refractivity contribution in [3.05, 3.63) is 70.3 Å². The van der Waals surface area contributed by atoms with Crippen LogP contribution in [-0.2, 0) is 19.0 Å². The fraction of sp³-hybridized carbons (Fsp3) is 0.263. The zero-order valence-electron chi connectivity index (χ0n) is 12.3. The zero-order valence-corrected chi connectivity index (χ0v) is 12.3. The Balaban J connectivity index is 2.20. The van der Waals surface area contributed by atoms with Gasteiger partial charge in [-0.2, -0.15) is 13.2 Å².